The van der Waals surface area contributed by atoms with E-state index >= 15 is 0 Å². The molecule has 1 aliphatic rings. The highest BCUT2D eigenvalue weighted by molar-refractivity contribution is 5.39. The molecule has 0 radical (unpaired) electrons. The van der Waals surface area contributed by atoms with Crippen molar-refractivity contribution in [2.45, 2.75) is 52.6 Å². The second-order valence-corrected chi connectivity index (χ2v) is 5.91. The van der Waals surface area contributed by atoms with Crippen molar-refractivity contribution in [1.29, 1.82) is 0 Å². The summed E-state index contributed by atoms with van der Waals surface area (Å²) in [6.07, 6.45) is 2.64. The summed E-state index contributed by atoms with van der Waals surface area (Å²) in [5.41, 5.74) is 11.8. The molecule has 1 aromatic rings. The van der Waals surface area contributed by atoms with Crippen molar-refractivity contribution in [3.05, 3.63) is 34.4 Å². The molecule has 1 saturated heterocycles. The Kier molecular flexibility index (Phi) is 4.08. The zero-order chi connectivity index (χ0) is 13.3. The number of rotatable bonds is 3. The van der Waals surface area contributed by atoms with Crippen LogP contribution in [0.25, 0.3) is 0 Å². The van der Waals surface area contributed by atoms with Crippen molar-refractivity contribution >= 4 is 0 Å². The number of hydrogen-bond acceptors (Lipinski definition) is 2. The summed E-state index contributed by atoms with van der Waals surface area (Å²) in [7, 11) is 0. The van der Waals surface area contributed by atoms with E-state index in [4.69, 9.17) is 5.73 Å². The van der Waals surface area contributed by atoms with Crippen LogP contribution in [0.4, 0.5) is 0 Å². The van der Waals surface area contributed by atoms with E-state index in [1.807, 2.05) is 0 Å². The number of nitrogens with two attached hydrogens (primary N) is 1. The minimum atomic E-state index is 0.145. The number of hydrogen-bond donors (Lipinski definition) is 1. The van der Waals surface area contributed by atoms with Gasteiger partial charge >= 0.3 is 0 Å². The van der Waals surface area contributed by atoms with E-state index in [0.717, 1.165) is 6.54 Å². The Balaban J connectivity index is 2.16. The van der Waals surface area contributed by atoms with Crippen LogP contribution in [0.2, 0.25) is 0 Å². The molecule has 2 heteroatoms. The van der Waals surface area contributed by atoms with Crippen LogP contribution < -0.4 is 5.73 Å². The van der Waals surface area contributed by atoms with E-state index < -0.39 is 0 Å². The Bertz CT molecular complexity index is 402. The second-order valence-electron chi connectivity index (χ2n) is 5.91. The standard InChI is InChI=1S/C16H26N2/c1-11-8-12(2)16(13(3)9-11)15(17)10-18-7-5-6-14(18)4/h8-9,14-15H,5-7,10,17H2,1-4H3. The molecule has 0 spiro atoms. The summed E-state index contributed by atoms with van der Waals surface area (Å²) < 4.78 is 0. The third-order valence-electron chi connectivity index (χ3n) is 4.23. The maximum Gasteiger partial charge on any atom is 0.0429 e. The molecule has 2 atom stereocenters. The SMILES string of the molecule is Cc1cc(C)c(C(N)CN2CCCC2C)c(C)c1. The lowest BCUT2D eigenvalue weighted by Crippen LogP contribution is -2.35. The van der Waals surface area contributed by atoms with E-state index in [-0.39, 0.29) is 6.04 Å². The van der Waals surface area contributed by atoms with Crippen LogP contribution >= 0.6 is 0 Å². The van der Waals surface area contributed by atoms with Gasteiger partial charge < -0.3 is 5.73 Å². The smallest absolute Gasteiger partial charge is 0.0429 e. The van der Waals surface area contributed by atoms with Crippen molar-refractivity contribution in [3.8, 4) is 0 Å². The van der Waals surface area contributed by atoms with Gasteiger partial charge in [-0.3, -0.25) is 4.90 Å². The number of likely N-dealkylation sites (tertiary alicyclic amines) is 1. The highest BCUT2D eigenvalue weighted by Gasteiger charge is 2.23. The maximum absolute atomic E-state index is 6.45. The first-order valence-electron chi connectivity index (χ1n) is 7.06. The van der Waals surface area contributed by atoms with Crippen LogP contribution in [0.15, 0.2) is 12.1 Å². The first-order chi connectivity index (χ1) is 8.49. The summed E-state index contributed by atoms with van der Waals surface area (Å²) in [5, 5.41) is 0. The highest BCUT2D eigenvalue weighted by Crippen LogP contribution is 2.25. The van der Waals surface area contributed by atoms with Gasteiger partial charge in [0.25, 0.3) is 0 Å². The van der Waals surface area contributed by atoms with E-state index in [1.165, 1.54) is 41.6 Å². The predicted molar refractivity (Wildman–Crippen MR) is 77.9 cm³/mol. The lowest BCUT2D eigenvalue weighted by Gasteiger charge is -2.27. The molecule has 0 amide bonds. The summed E-state index contributed by atoms with van der Waals surface area (Å²) in [5.74, 6) is 0. The zero-order valence-corrected chi connectivity index (χ0v) is 12.2. The van der Waals surface area contributed by atoms with Gasteiger partial charge in [-0.2, -0.15) is 0 Å². The first kappa shape index (κ1) is 13.6. The third-order valence-corrected chi connectivity index (χ3v) is 4.23. The summed E-state index contributed by atoms with van der Waals surface area (Å²) in [4.78, 5) is 2.53. The lowest BCUT2D eigenvalue weighted by molar-refractivity contribution is 0.252. The molecule has 0 saturated carbocycles. The molecule has 1 heterocycles. The molecule has 0 aromatic heterocycles. The quantitative estimate of drug-likeness (QED) is 0.888. The Morgan fingerprint density at radius 3 is 2.39 bits per heavy atom. The molecule has 1 fully saturated rings. The summed E-state index contributed by atoms with van der Waals surface area (Å²) >= 11 is 0. The van der Waals surface area contributed by atoms with Gasteiger partial charge in [0, 0.05) is 18.6 Å². The van der Waals surface area contributed by atoms with E-state index in [9.17, 15) is 0 Å². The molecule has 2 rings (SSSR count). The molecule has 18 heavy (non-hydrogen) atoms. The average molecular weight is 246 g/mol. The molecular formula is C16H26N2. The van der Waals surface area contributed by atoms with E-state index in [1.54, 1.807) is 0 Å². The molecular weight excluding hydrogens is 220 g/mol. The van der Waals surface area contributed by atoms with Gasteiger partial charge in [0.2, 0.25) is 0 Å². The van der Waals surface area contributed by atoms with Crippen LogP contribution in [0.5, 0.6) is 0 Å². The molecule has 0 bridgehead atoms. The average Bonchev–Trinajstić information content (AvgIpc) is 2.62. The molecule has 2 N–H and O–H groups in total. The molecule has 100 valence electrons. The molecule has 1 aliphatic heterocycles. The fourth-order valence-electron chi connectivity index (χ4n) is 3.38. The Labute approximate surface area is 111 Å². The second kappa shape index (κ2) is 5.41. The van der Waals surface area contributed by atoms with E-state index in [2.05, 4.69) is 44.7 Å². The van der Waals surface area contributed by atoms with E-state index in [0.29, 0.717) is 6.04 Å². The topological polar surface area (TPSA) is 29.3 Å². The van der Waals surface area contributed by atoms with Crippen LogP contribution in [0.1, 0.15) is 48.1 Å². The number of nitrogens with zero attached hydrogens (tertiary/aromatic N) is 1. The molecule has 1 aromatic carbocycles. The minimum absolute atomic E-state index is 0.145. The third kappa shape index (κ3) is 2.76. The van der Waals surface area contributed by atoms with Gasteiger partial charge in [0.15, 0.2) is 0 Å². The van der Waals surface area contributed by atoms with Crippen LogP contribution in [0, 0.1) is 20.8 Å². The summed E-state index contributed by atoms with van der Waals surface area (Å²) in [6, 6.07) is 5.33. The number of benzene rings is 1. The normalized spacial score (nSPS) is 22.4. The Hall–Kier alpha value is -0.860. The first-order valence-corrected chi connectivity index (χ1v) is 7.06. The van der Waals surface area contributed by atoms with Gasteiger partial charge in [-0.15, -0.1) is 0 Å². The van der Waals surface area contributed by atoms with Crippen molar-refractivity contribution in [2.24, 2.45) is 5.73 Å². The van der Waals surface area contributed by atoms with Crippen LogP contribution in [-0.2, 0) is 0 Å². The highest BCUT2D eigenvalue weighted by atomic mass is 15.2. The van der Waals surface area contributed by atoms with Gasteiger partial charge in [-0.1, -0.05) is 17.7 Å². The number of aryl methyl sites for hydroxylation is 3. The van der Waals surface area contributed by atoms with Crippen molar-refractivity contribution < 1.29 is 0 Å². The molecule has 0 aliphatic carbocycles. The van der Waals surface area contributed by atoms with Gasteiger partial charge in [-0.25, -0.2) is 0 Å². The maximum atomic E-state index is 6.45. The van der Waals surface area contributed by atoms with Crippen LogP contribution in [-0.4, -0.2) is 24.0 Å². The fraction of sp³-hybridized carbons (Fsp3) is 0.625. The van der Waals surface area contributed by atoms with Gasteiger partial charge in [0.1, 0.15) is 0 Å². The predicted octanol–water partition coefficient (Wildman–Crippen LogP) is 3.10. The molecule has 2 unspecified atom stereocenters. The summed E-state index contributed by atoms with van der Waals surface area (Å²) in [6.45, 7) is 11.0. The zero-order valence-electron chi connectivity index (χ0n) is 12.2. The molecule has 2 nitrogen and oxygen atoms in total. The van der Waals surface area contributed by atoms with Crippen molar-refractivity contribution in [1.82, 2.24) is 4.90 Å². The van der Waals surface area contributed by atoms with Crippen LogP contribution in [0.3, 0.4) is 0 Å². The van der Waals surface area contributed by atoms with Gasteiger partial charge in [-0.05, 0) is 63.8 Å². The minimum Gasteiger partial charge on any atom is -0.323 e. The Morgan fingerprint density at radius 1 is 1.28 bits per heavy atom. The lowest BCUT2D eigenvalue weighted by atomic mass is 9.94. The largest absolute Gasteiger partial charge is 0.323 e. The monoisotopic (exact) mass is 246 g/mol. The van der Waals surface area contributed by atoms with Crippen molar-refractivity contribution in [2.75, 3.05) is 13.1 Å². The fourth-order valence-corrected chi connectivity index (χ4v) is 3.38. The van der Waals surface area contributed by atoms with Gasteiger partial charge in [0.05, 0.1) is 0 Å². The Morgan fingerprint density at radius 2 is 1.89 bits per heavy atom. The van der Waals surface area contributed by atoms with Crippen molar-refractivity contribution in [3.63, 3.8) is 0 Å².